The SMILES string of the molecule is NCc1nc(C(=O)NCC2(CN3CCOCC3)CCCCC2)cs1. The number of aromatic nitrogens is 1. The van der Waals surface area contributed by atoms with E-state index in [0.29, 0.717) is 12.2 Å². The zero-order valence-electron chi connectivity index (χ0n) is 14.3. The molecule has 3 N–H and O–H groups in total. The van der Waals surface area contributed by atoms with Crippen molar-refractivity contribution in [3.05, 3.63) is 16.1 Å². The van der Waals surface area contributed by atoms with Crippen molar-refractivity contribution in [2.45, 2.75) is 38.6 Å². The summed E-state index contributed by atoms with van der Waals surface area (Å²) in [5.74, 6) is -0.0714. The van der Waals surface area contributed by atoms with Crippen LogP contribution in [0.5, 0.6) is 0 Å². The van der Waals surface area contributed by atoms with E-state index in [2.05, 4.69) is 15.2 Å². The maximum atomic E-state index is 12.4. The number of nitrogens with one attached hydrogen (secondary N) is 1. The summed E-state index contributed by atoms with van der Waals surface area (Å²) < 4.78 is 5.46. The summed E-state index contributed by atoms with van der Waals surface area (Å²) in [6, 6.07) is 0. The Morgan fingerprint density at radius 2 is 2.08 bits per heavy atom. The van der Waals surface area contributed by atoms with Crippen LogP contribution in [0.3, 0.4) is 0 Å². The van der Waals surface area contributed by atoms with Crippen molar-refractivity contribution in [3.8, 4) is 0 Å². The third-order valence-corrected chi connectivity index (χ3v) is 6.03. The summed E-state index contributed by atoms with van der Waals surface area (Å²) >= 11 is 1.45. The second kappa shape index (κ2) is 8.38. The summed E-state index contributed by atoms with van der Waals surface area (Å²) in [6.07, 6.45) is 6.21. The Labute approximate surface area is 147 Å². The second-order valence-electron chi connectivity index (χ2n) is 6.96. The smallest absolute Gasteiger partial charge is 0.270 e. The zero-order chi connectivity index (χ0) is 16.8. The van der Waals surface area contributed by atoms with Gasteiger partial charge in [-0.1, -0.05) is 19.3 Å². The molecule has 1 saturated heterocycles. The lowest BCUT2D eigenvalue weighted by molar-refractivity contribution is 0.00727. The molecule has 1 aromatic rings. The zero-order valence-corrected chi connectivity index (χ0v) is 15.1. The van der Waals surface area contributed by atoms with Crippen LogP contribution >= 0.6 is 11.3 Å². The predicted octanol–water partition coefficient (Wildman–Crippen LogP) is 1.61. The number of nitrogens with zero attached hydrogens (tertiary/aromatic N) is 2. The largest absolute Gasteiger partial charge is 0.379 e. The van der Waals surface area contributed by atoms with Crippen LogP contribution in [-0.4, -0.2) is 55.2 Å². The molecule has 1 aromatic heterocycles. The number of morpholine rings is 1. The molecule has 7 heteroatoms. The van der Waals surface area contributed by atoms with Gasteiger partial charge in [0.15, 0.2) is 0 Å². The molecule has 0 atom stereocenters. The Morgan fingerprint density at radius 3 is 2.75 bits per heavy atom. The Morgan fingerprint density at radius 1 is 1.33 bits per heavy atom. The van der Waals surface area contributed by atoms with Crippen LogP contribution in [0.1, 0.15) is 47.6 Å². The van der Waals surface area contributed by atoms with Crippen LogP contribution in [0, 0.1) is 5.41 Å². The fraction of sp³-hybridized carbons (Fsp3) is 0.765. The van der Waals surface area contributed by atoms with Crippen molar-refractivity contribution in [3.63, 3.8) is 0 Å². The van der Waals surface area contributed by atoms with Crippen molar-refractivity contribution in [2.24, 2.45) is 11.1 Å². The first-order valence-corrected chi connectivity index (χ1v) is 9.82. The lowest BCUT2D eigenvalue weighted by Crippen LogP contribution is -2.49. The monoisotopic (exact) mass is 352 g/mol. The van der Waals surface area contributed by atoms with Gasteiger partial charge in [0, 0.05) is 43.5 Å². The number of thiazole rings is 1. The van der Waals surface area contributed by atoms with E-state index in [4.69, 9.17) is 10.5 Å². The average Bonchev–Trinajstić information content (AvgIpc) is 3.11. The van der Waals surface area contributed by atoms with Crippen molar-refractivity contribution >= 4 is 17.2 Å². The van der Waals surface area contributed by atoms with E-state index in [1.165, 1.54) is 43.4 Å². The number of nitrogens with two attached hydrogens (primary N) is 1. The molecular weight excluding hydrogens is 324 g/mol. The van der Waals surface area contributed by atoms with E-state index >= 15 is 0 Å². The van der Waals surface area contributed by atoms with E-state index in [0.717, 1.165) is 44.4 Å². The van der Waals surface area contributed by atoms with E-state index in [1.54, 1.807) is 5.38 Å². The molecule has 0 bridgehead atoms. The van der Waals surface area contributed by atoms with Gasteiger partial charge in [-0.2, -0.15) is 0 Å². The Balaban J connectivity index is 1.59. The minimum atomic E-state index is -0.0714. The van der Waals surface area contributed by atoms with Crippen molar-refractivity contribution < 1.29 is 9.53 Å². The first kappa shape index (κ1) is 17.8. The van der Waals surface area contributed by atoms with Crippen LogP contribution in [0.2, 0.25) is 0 Å². The van der Waals surface area contributed by atoms with Gasteiger partial charge in [-0.3, -0.25) is 9.69 Å². The standard InChI is InChI=1S/C17H28N4O2S/c18-10-15-20-14(11-24-15)16(22)19-12-17(4-2-1-3-5-17)13-21-6-8-23-9-7-21/h11H,1-10,12-13,18H2,(H,19,22). The lowest BCUT2D eigenvalue weighted by atomic mass is 9.73. The van der Waals surface area contributed by atoms with Gasteiger partial charge in [0.2, 0.25) is 0 Å². The van der Waals surface area contributed by atoms with Crippen LogP contribution in [0.4, 0.5) is 0 Å². The minimum absolute atomic E-state index is 0.0714. The van der Waals surface area contributed by atoms with Crippen LogP contribution < -0.4 is 11.1 Å². The number of rotatable bonds is 6. The third-order valence-electron chi connectivity index (χ3n) is 5.16. The molecule has 1 aliphatic heterocycles. The van der Waals surface area contributed by atoms with Gasteiger partial charge >= 0.3 is 0 Å². The molecule has 134 valence electrons. The van der Waals surface area contributed by atoms with Crippen LogP contribution in [-0.2, 0) is 11.3 Å². The average molecular weight is 353 g/mol. The number of carbonyl (C=O) groups is 1. The molecule has 0 radical (unpaired) electrons. The first-order chi connectivity index (χ1) is 11.7. The molecule has 6 nitrogen and oxygen atoms in total. The summed E-state index contributed by atoms with van der Waals surface area (Å²) in [4.78, 5) is 19.2. The maximum absolute atomic E-state index is 12.4. The highest BCUT2D eigenvalue weighted by Crippen LogP contribution is 2.36. The first-order valence-electron chi connectivity index (χ1n) is 8.94. The van der Waals surface area contributed by atoms with Gasteiger partial charge in [-0.05, 0) is 12.8 Å². The third kappa shape index (κ3) is 4.53. The van der Waals surface area contributed by atoms with E-state index in [1.807, 2.05) is 0 Å². The molecule has 3 rings (SSSR count). The Bertz CT molecular complexity index is 536. The number of hydrogen-bond donors (Lipinski definition) is 2. The van der Waals surface area contributed by atoms with Gasteiger partial charge in [-0.25, -0.2) is 4.98 Å². The van der Waals surface area contributed by atoms with Gasteiger partial charge < -0.3 is 15.8 Å². The van der Waals surface area contributed by atoms with Crippen molar-refractivity contribution in [2.75, 3.05) is 39.4 Å². The molecule has 0 spiro atoms. The highest BCUT2D eigenvalue weighted by atomic mass is 32.1. The van der Waals surface area contributed by atoms with Crippen LogP contribution in [0.25, 0.3) is 0 Å². The minimum Gasteiger partial charge on any atom is -0.379 e. The van der Waals surface area contributed by atoms with Crippen molar-refractivity contribution in [1.82, 2.24) is 15.2 Å². The fourth-order valence-electron chi connectivity index (χ4n) is 3.79. The molecule has 0 aromatic carbocycles. The number of ether oxygens (including phenoxy) is 1. The molecule has 2 heterocycles. The van der Waals surface area contributed by atoms with E-state index in [9.17, 15) is 4.79 Å². The quantitative estimate of drug-likeness (QED) is 0.813. The Kier molecular flexibility index (Phi) is 6.21. The van der Waals surface area contributed by atoms with E-state index < -0.39 is 0 Å². The second-order valence-corrected chi connectivity index (χ2v) is 7.91. The molecule has 2 fully saturated rings. The van der Waals surface area contributed by atoms with Gasteiger partial charge in [-0.15, -0.1) is 11.3 Å². The summed E-state index contributed by atoms with van der Waals surface area (Å²) in [5.41, 5.74) is 6.27. The van der Waals surface area contributed by atoms with Gasteiger partial charge in [0.05, 0.1) is 13.2 Å². The number of hydrogen-bond acceptors (Lipinski definition) is 6. The van der Waals surface area contributed by atoms with Gasteiger partial charge in [0.25, 0.3) is 5.91 Å². The summed E-state index contributed by atoms with van der Waals surface area (Å²) in [5, 5.41) is 5.75. The molecule has 0 unspecified atom stereocenters. The number of carbonyl (C=O) groups excluding carboxylic acids is 1. The van der Waals surface area contributed by atoms with Gasteiger partial charge in [0.1, 0.15) is 10.7 Å². The predicted molar refractivity (Wildman–Crippen MR) is 95.1 cm³/mol. The molecular formula is C17H28N4O2S. The van der Waals surface area contributed by atoms with E-state index in [-0.39, 0.29) is 11.3 Å². The molecule has 24 heavy (non-hydrogen) atoms. The maximum Gasteiger partial charge on any atom is 0.270 e. The molecule has 1 amide bonds. The lowest BCUT2D eigenvalue weighted by Gasteiger charge is -2.42. The Hall–Kier alpha value is -1.02. The topological polar surface area (TPSA) is 80.5 Å². The molecule has 1 saturated carbocycles. The highest BCUT2D eigenvalue weighted by Gasteiger charge is 2.35. The van der Waals surface area contributed by atoms with Crippen LogP contribution in [0.15, 0.2) is 5.38 Å². The molecule has 1 aliphatic carbocycles. The fourth-order valence-corrected chi connectivity index (χ4v) is 4.45. The number of amides is 1. The summed E-state index contributed by atoms with van der Waals surface area (Å²) in [6.45, 7) is 5.83. The van der Waals surface area contributed by atoms with Crippen molar-refractivity contribution in [1.29, 1.82) is 0 Å². The highest BCUT2D eigenvalue weighted by molar-refractivity contribution is 7.09. The normalized spacial score (nSPS) is 21.5. The summed E-state index contributed by atoms with van der Waals surface area (Å²) in [7, 11) is 0. The molecule has 2 aliphatic rings.